The third-order valence-electron chi connectivity index (χ3n) is 2.12. The zero-order valence-corrected chi connectivity index (χ0v) is 10.2. The van der Waals surface area contributed by atoms with Gasteiger partial charge in [0.1, 0.15) is 0 Å². The molecule has 0 fully saturated rings. The Bertz CT molecular complexity index is 555. The van der Waals surface area contributed by atoms with E-state index in [1.165, 1.54) is 6.20 Å². The Balaban J connectivity index is 2.07. The molecule has 0 aliphatic rings. The second-order valence-electron chi connectivity index (χ2n) is 3.44. The third-order valence-corrected chi connectivity index (χ3v) is 2.12. The fraction of sp³-hybridized carbons (Fsp3) is 0.273. The molecule has 1 N–H and O–H groups in total. The van der Waals surface area contributed by atoms with Crippen molar-refractivity contribution in [1.29, 1.82) is 0 Å². The van der Waals surface area contributed by atoms with Crippen LogP contribution in [0.2, 0.25) is 0 Å². The highest BCUT2D eigenvalue weighted by atomic mass is 16.6. The zero-order chi connectivity index (χ0) is 13.7. The van der Waals surface area contributed by atoms with Gasteiger partial charge in [0.05, 0.1) is 6.61 Å². The largest absolute Gasteiger partial charge is 0.463 e. The molecule has 100 valence electrons. The van der Waals surface area contributed by atoms with E-state index >= 15 is 0 Å². The lowest BCUT2D eigenvalue weighted by Gasteiger charge is -2.00. The van der Waals surface area contributed by atoms with Crippen molar-refractivity contribution in [2.45, 2.75) is 6.92 Å². The Labute approximate surface area is 108 Å². The van der Waals surface area contributed by atoms with E-state index in [2.05, 4.69) is 19.8 Å². The van der Waals surface area contributed by atoms with Crippen molar-refractivity contribution in [2.75, 3.05) is 13.2 Å². The van der Waals surface area contributed by atoms with Crippen LogP contribution in [0.3, 0.4) is 0 Å². The van der Waals surface area contributed by atoms with Crippen LogP contribution in [0.5, 0.6) is 6.01 Å². The van der Waals surface area contributed by atoms with Crippen LogP contribution in [0.15, 0.2) is 24.5 Å². The predicted octanol–water partition coefficient (Wildman–Crippen LogP) is 0.519. The van der Waals surface area contributed by atoms with Gasteiger partial charge < -0.3 is 14.7 Å². The van der Waals surface area contributed by atoms with Gasteiger partial charge in [-0.3, -0.25) is 4.98 Å². The van der Waals surface area contributed by atoms with Crippen molar-refractivity contribution >= 4 is 5.97 Å². The maximum absolute atomic E-state index is 11.1. The smallest absolute Gasteiger partial charge is 0.344 e. The van der Waals surface area contributed by atoms with Crippen LogP contribution in [0.1, 0.15) is 6.92 Å². The van der Waals surface area contributed by atoms with E-state index < -0.39 is 5.97 Å². The lowest BCUT2D eigenvalue weighted by atomic mass is 10.3. The minimum Gasteiger partial charge on any atom is -0.463 e. The van der Waals surface area contributed by atoms with Gasteiger partial charge in [0.2, 0.25) is 5.82 Å². The van der Waals surface area contributed by atoms with Crippen LogP contribution >= 0.6 is 0 Å². The van der Waals surface area contributed by atoms with Gasteiger partial charge in [0, 0.05) is 18.0 Å². The number of esters is 1. The van der Waals surface area contributed by atoms with Crippen LogP contribution in [0.25, 0.3) is 11.4 Å². The molecule has 19 heavy (non-hydrogen) atoms. The Kier molecular flexibility index (Phi) is 3.91. The van der Waals surface area contributed by atoms with E-state index in [0.717, 1.165) is 0 Å². The summed E-state index contributed by atoms with van der Waals surface area (Å²) >= 11 is 0. The standard InChI is InChI=1S/C11H12N4O4/c1-2-18-9(16)7-19-11-13-10(15(17)14-11)8-4-3-5-12-6-8/h3-6,17H,2,7H2,1H3. The minimum atomic E-state index is -0.528. The van der Waals surface area contributed by atoms with E-state index in [-0.39, 0.29) is 25.0 Å². The summed E-state index contributed by atoms with van der Waals surface area (Å²) in [6.45, 7) is 1.65. The van der Waals surface area contributed by atoms with E-state index in [9.17, 15) is 10.0 Å². The average Bonchev–Trinajstić information content (AvgIpc) is 2.79. The number of aromatic nitrogens is 4. The highest BCUT2D eigenvalue weighted by Crippen LogP contribution is 2.17. The summed E-state index contributed by atoms with van der Waals surface area (Å²) in [6.07, 6.45) is 3.12. The number of rotatable bonds is 5. The molecule has 0 bridgehead atoms. The van der Waals surface area contributed by atoms with Gasteiger partial charge in [-0.1, -0.05) is 9.94 Å². The Morgan fingerprint density at radius 3 is 3.05 bits per heavy atom. The summed E-state index contributed by atoms with van der Waals surface area (Å²) in [4.78, 5) is 19.5. The number of hydrogen-bond acceptors (Lipinski definition) is 7. The Hall–Kier alpha value is -2.64. The van der Waals surface area contributed by atoms with Gasteiger partial charge in [-0.05, 0) is 19.1 Å². The monoisotopic (exact) mass is 264 g/mol. The van der Waals surface area contributed by atoms with Gasteiger partial charge >= 0.3 is 12.0 Å². The fourth-order valence-corrected chi connectivity index (χ4v) is 1.35. The van der Waals surface area contributed by atoms with Gasteiger partial charge in [0.25, 0.3) is 0 Å². The van der Waals surface area contributed by atoms with Crippen LogP contribution in [-0.2, 0) is 9.53 Å². The number of ether oxygens (including phenoxy) is 2. The molecular formula is C11H12N4O4. The molecule has 8 heteroatoms. The van der Waals surface area contributed by atoms with Gasteiger partial charge in [-0.25, -0.2) is 4.79 Å². The highest BCUT2D eigenvalue weighted by Gasteiger charge is 2.13. The number of pyridine rings is 1. The molecule has 0 aliphatic carbocycles. The van der Waals surface area contributed by atoms with Crippen molar-refractivity contribution in [1.82, 2.24) is 19.9 Å². The molecule has 0 spiro atoms. The topological polar surface area (TPSA) is 99.4 Å². The molecule has 0 atom stereocenters. The summed E-state index contributed by atoms with van der Waals surface area (Å²) < 4.78 is 9.69. The maximum Gasteiger partial charge on any atom is 0.344 e. The minimum absolute atomic E-state index is 0.116. The molecule has 2 aromatic heterocycles. The first-order chi connectivity index (χ1) is 9.20. The maximum atomic E-state index is 11.1. The number of nitrogens with zero attached hydrogens (tertiary/aromatic N) is 4. The molecule has 0 saturated carbocycles. The molecular weight excluding hydrogens is 252 g/mol. The lowest BCUT2D eigenvalue weighted by molar-refractivity contribution is -0.145. The summed E-state index contributed by atoms with van der Waals surface area (Å²) in [5, 5.41) is 13.2. The van der Waals surface area contributed by atoms with Crippen molar-refractivity contribution in [3.05, 3.63) is 24.5 Å². The quantitative estimate of drug-likeness (QED) is 0.620. The summed E-state index contributed by atoms with van der Waals surface area (Å²) in [5.41, 5.74) is 0.573. The summed E-state index contributed by atoms with van der Waals surface area (Å²) in [6, 6.07) is 3.29. The molecule has 8 nitrogen and oxygen atoms in total. The molecule has 0 aliphatic heterocycles. The third kappa shape index (κ3) is 3.18. The van der Waals surface area contributed by atoms with Crippen LogP contribution in [0, 0.1) is 0 Å². The first kappa shape index (κ1) is 12.8. The lowest BCUT2D eigenvalue weighted by Crippen LogP contribution is -2.15. The second-order valence-corrected chi connectivity index (χ2v) is 3.44. The molecule has 0 unspecified atom stereocenters. The van der Waals surface area contributed by atoms with E-state index in [1.807, 2.05) is 0 Å². The highest BCUT2D eigenvalue weighted by molar-refractivity contribution is 5.70. The molecule has 0 aromatic carbocycles. The first-order valence-electron chi connectivity index (χ1n) is 5.56. The average molecular weight is 264 g/mol. The van der Waals surface area contributed by atoms with Gasteiger partial charge in [0.15, 0.2) is 6.61 Å². The zero-order valence-electron chi connectivity index (χ0n) is 10.2. The van der Waals surface area contributed by atoms with E-state index in [0.29, 0.717) is 10.4 Å². The van der Waals surface area contributed by atoms with Crippen LogP contribution in [0.4, 0.5) is 0 Å². The first-order valence-corrected chi connectivity index (χ1v) is 5.56. The Morgan fingerprint density at radius 2 is 2.37 bits per heavy atom. The van der Waals surface area contributed by atoms with Crippen molar-refractivity contribution in [3.8, 4) is 17.4 Å². The normalized spacial score (nSPS) is 10.2. The number of hydrogen-bond donors (Lipinski definition) is 1. The SMILES string of the molecule is CCOC(=O)COc1nc(-c2cccnc2)n(O)n1. The van der Waals surface area contributed by atoms with Gasteiger partial charge in [-0.2, -0.15) is 4.98 Å². The number of carbonyl (C=O) groups is 1. The van der Waals surface area contributed by atoms with Crippen LogP contribution < -0.4 is 4.74 Å². The number of carbonyl (C=O) groups excluding carboxylic acids is 1. The molecule has 2 rings (SSSR count). The molecule has 2 aromatic rings. The summed E-state index contributed by atoms with van der Waals surface area (Å²) in [7, 11) is 0. The fourth-order valence-electron chi connectivity index (χ4n) is 1.35. The van der Waals surface area contributed by atoms with Crippen LogP contribution in [-0.4, -0.2) is 44.3 Å². The van der Waals surface area contributed by atoms with Crippen molar-refractivity contribution in [2.24, 2.45) is 0 Å². The predicted molar refractivity (Wildman–Crippen MR) is 62.6 cm³/mol. The molecule has 0 radical (unpaired) electrons. The Morgan fingerprint density at radius 1 is 1.53 bits per heavy atom. The van der Waals surface area contributed by atoms with Crippen molar-refractivity contribution < 1.29 is 19.5 Å². The van der Waals surface area contributed by atoms with E-state index in [4.69, 9.17) is 4.74 Å². The van der Waals surface area contributed by atoms with Gasteiger partial charge in [-0.15, -0.1) is 0 Å². The molecule has 0 saturated heterocycles. The van der Waals surface area contributed by atoms with Crippen molar-refractivity contribution in [3.63, 3.8) is 0 Å². The molecule has 2 heterocycles. The summed E-state index contributed by atoms with van der Waals surface area (Å²) in [5.74, 6) is -0.355. The molecule has 0 amide bonds. The second kappa shape index (κ2) is 5.80. The van der Waals surface area contributed by atoms with E-state index in [1.54, 1.807) is 25.3 Å².